The van der Waals surface area contributed by atoms with E-state index in [2.05, 4.69) is 13.2 Å². The largest absolute Gasteiger partial charge is 0.453 e. The minimum absolute atomic E-state index is 0.0131. The van der Waals surface area contributed by atoms with Crippen LogP contribution in [0.1, 0.15) is 41.4 Å². The number of benzene rings is 4. The van der Waals surface area contributed by atoms with Gasteiger partial charge in [0.1, 0.15) is 35.2 Å². The second kappa shape index (κ2) is 16.6. The molecule has 274 valence electrons. The lowest BCUT2D eigenvalue weighted by atomic mass is 10.1. The van der Waals surface area contributed by atoms with Gasteiger partial charge in [0.15, 0.2) is 12.2 Å². The summed E-state index contributed by atoms with van der Waals surface area (Å²) in [6.07, 6.45) is -0.864. The molecule has 0 N–H and O–H groups in total. The minimum Gasteiger partial charge on any atom is -0.453 e. The zero-order valence-corrected chi connectivity index (χ0v) is 28.2. The van der Waals surface area contributed by atoms with E-state index in [9.17, 15) is 28.8 Å². The van der Waals surface area contributed by atoms with Crippen molar-refractivity contribution in [3.8, 4) is 23.0 Å². The molecule has 4 atom stereocenters. The molecule has 14 heteroatoms. The molecule has 4 aromatic carbocycles. The van der Waals surface area contributed by atoms with Gasteiger partial charge in [-0.3, -0.25) is 0 Å². The van der Waals surface area contributed by atoms with Gasteiger partial charge >= 0.3 is 35.8 Å². The number of hydrogen-bond donors (Lipinski definition) is 0. The quantitative estimate of drug-likeness (QED) is 0.110. The van der Waals surface area contributed by atoms with Crippen LogP contribution >= 0.6 is 0 Å². The Hall–Kier alpha value is -6.90. The molecule has 0 spiro atoms. The van der Waals surface area contributed by atoms with E-state index < -0.39 is 60.2 Å². The van der Waals surface area contributed by atoms with Crippen molar-refractivity contribution in [3.63, 3.8) is 0 Å². The minimum atomic E-state index is -0.773. The Morgan fingerprint density at radius 2 is 0.722 bits per heavy atom. The highest BCUT2D eigenvalue weighted by Crippen LogP contribution is 2.32. The SMILES string of the molecule is C=CC(=O)Oc1ccc(C(=O)Oc2ccc(C(=O)O[C@H]3CO[C@H]4[C@@H]3OC[C@H]4OC(=O)c3ccc(OC(=O)c4ccc(OC(=O)C=C)cc4)cc3)cc2)cc1. The van der Waals surface area contributed by atoms with E-state index in [-0.39, 0.29) is 58.5 Å². The Morgan fingerprint density at radius 3 is 1.02 bits per heavy atom. The molecular formula is C40H30O14. The summed E-state index contributed by atoms with van der Waals surface area (Å²) in [6, 6.07) is 23.0. The van der Waals surface area contributed by atoms with Gasteiger partial charge in [0, 0.05) is 12.2 Å². The van der Waals surface area contributed by atoms with Crippen LogP contribution in [0.2, 0.25) is 0 Å². The van der Waals surface area contributed by atoms with Crippen LogP contribution in [0.5, 0.6) is 23.0 Å². The molecule has 54 heavy (non-hydrogen) atoms. The van der Waals surface area contributed by atoms with E-state index in [4.69, 9.17) is 37.9 Å². The van der Waals surface area contributed by atoms with Crippen LogP contribution in [0.4, 0.5) is 0 Å². The van der Waals surface area contributed by atoms with Crippen LogP contribution in [0.15, 0.2) is 122 Å². The van der Waals surface area contributed by atoms with Crippen LogP contribution in [-0.4, -0.2) is 73.4 Å². The molecule has 0 saturated carbocycles. The first-order valence-corrected chi connectivity index (χ1v) is 16.3. The molecule has 0 aromatic heterocycles. The van der Waals surface area contributed by atoms with Crippen molar-refractivity contribution < 1.29 is 66.7 Å². The summed E-state index contributed by atoms with van der Waals surface area (Å²) in [5.41, 5.74) is 0.791. The fourth-order valence-corrected chi connectivity index (χ4v) is 5.33. The molecule has 0 radical (unpaired) electrons. The maximum Gasteiger partial charge on any atom is 0.343 e. The first-order chi connectivity index (χ1) is 26.1. The Morgan fingerprint density at radius 1 is 0.444 bits per heavy atom. The Kier molecular flexibility index (Phi) is 11.4. The topological polar surface area (TPSA) is 176 Å². The van der Waals surface area contributed by atoms with Gasteiger partial charge in [0.25, 0.3) is 0 Å². The monoisotopic (exact) mass is 734 g/mol. The zero-order chi connectivity index (χ0) is 38.2. The Balaban J connectivity index is 0.958. The molecule has 14 nitrogen and oxygen atoms in total. The number of rotatable bonds is 12. The summed E-state index contributed by atoms with van der Waals surface area (Å²) in [7, 11) is 0. The van der Waals surface area contributed by atoms with Crippen LogP contribution in [0.3, 0.4) is 0 Å². The highest BCUT2D eigenvalue weighted by atomic mass is 16.7. The van der Waals surface area contributed by atoms with Crippen LogP contribution in [-0.2, 0) is 28.5 Å². The molecule has 2 heterocycles. The lowest BCUT2D eigenvalue weighted by Crippen LogP contribution is -2.36. The summed E-state index contributed by atoms with van der Waals surface area (Å²) in [4.78, 5) is 73.6. The predicted molar refractivity (Wildman–Crippen MR) is 185 cm³/mol. The maximum atomic E-state index is 12.9. The van der Waals surface area contributed by atoms with Crippen molar-refractivity contribution in [1.82, 2.24) is 0 Å². The molecule has 2 fully saturated rings. The highest BCUT2D eigenvalue weighted by Gasteiger charge is 2.51. The van der Waals surface area contributed by atoms with Gasteiger partial charge in [0.05, 0.1) is 35.5 Å². The van der Waals surface area contributed by atoms with E-state index in [0.717, 1.165) is 12.2 Å². The smallest absolute Gasteiger partial charge is 0.343 e. The van der Waals surface area contributed by atoms with Gasteiger partial charge in [-0.2, -0.15) is 0 Å². The number of fused-ring (bicyclic) bond motifs is 1. The second-order valence-electron chi connectivity index (χ2n) is 11.6. The first-order valence-electron chi connectivity index (χ1n) is 16.3. The first kappa shape index (κ1) is 36.9. The Bertz CT molecular complexity index is 1920. The van der Waals surface area contributed by atoms with E-state index >= 15 is 0 Å². The average Bonchev–Trinajstić information content (AvgIpc) is 3.78. The molecule has 0 bridgehead atoms. The molecule has 4 aromatic rings. The van der Waals surface area contributed by atoms with E-state index in [0.29, 0.717) is 0 Å². The van der Waals surface area contributed by atoms with Crippen LogP contribution < -0.4 is 18.9 Å². The molecular weight excluding hydrogens is 704 g/mol. The second-order valence-corrected chi connectivity index (χ2v) is 11.6. The van der Waals surface area contributed by atoms with Gasteiger partial charge in [-0.05, 0) is 97.1 Å². The number of hydrogen-bond acceptors (Lipinski definition) is 14. The summed E-state index contributed by atoms with van der Waals surface area (Å²) in [6.45, 7) is 6.67. The third kappa shape index (κ3) is 8.93. The van der Waals surface area contributed by atoms with Crippen LogP contribution in [0.25, 0.3) is 0 Å². The number of carbonyl (C=O) groups excluding carboxylic acids is 6. The molecule has 0 amide bonds. The summed E-state index contributed by atoms with van der Waals surface area (Å²) >= 11 is 0. The summed E-state index contributed by atoms with van der Waals surface area (Å²) in [5.74, 6) is -3.09. The third-order valence-corrected chi connectivity index (χ3v) is 8.03. The third-order valence-electron chi connectivity index (χ3n) is 8.03. The average molecular weight is 735 g/mol. The molecule has 2 aliphatic heterocycles. The van der Waals surface area contributed by atoms with Gasteiger partial charge < -0.3 is 37.9 Å². The fraction of sp³-hybridized carbons (Fsp3) is 0.150. The zero-order valence-electron chi connectivity index (χ0n) is 28.2. The molecule has 6 rings (SSSR count). The van der Waals surface area contributed by atoms with Crippen molar-refractivity contribution >= 4 is 35.8 Å². The van der Waals surface area contributed by atoms with Gasteiger partial charge in [-0.1, -0.05) is 13.2 Å². The van der Waals surface area contributed by atoms with Gasteiger partial charge in [0.2, 0.25) is 0 Å². The number of ether oxygens (including phenoxy) is 8. The fourth-order valence-electron chi connectivity index (χ4n) is 5.33. The van der Waals surface area contributed by atoms with Gasteiger partial charge in [-0.15, -0.1) is 0 Å². The predicted octanol–water partition coefficient (Wildman–Crippen LogP) is 4.86. The van der Waals surface area contributed by atoms with Crippen LogP contribution in [0, 0.1) is 0 Å². The van der Waals surface area contributed by atoms with Crippen molar-refractivity contribution in [3.05, 3.63) is 145 Å². The van der Waals surface area contributed by atoms with E-state index in [1.54, 1.807) is 0 Å². The molecule has 0 unspecified atom stereocenters. The van der Waals surface area contributed by atoms with Crippen molar-refractivity contribution in [2.75, 3.05) is 13.2 Å². The summed E-state index contributed by atoms with van der Waals surface area (Å²) < 4.78 is 43.6. The van der Waals surface area contributed by atoms with E-state index in [1.807, 2.05) is 0 Å². The summed E-state index contributed by atoms with van der Waals surface area (Å²) in [5, 5.41) is 0. The normalized spacial score (nSPS) is 18.3. The van der Waals surface area contributed by atoms with Crippen molar-refractivity contribution in [2.24, 2.45) is 0 Å². The van der Waals surface area contributed by atoms with E-state index in [1.165, 1.54) is 97.1 Å². The standard InChI is InChI=1S/C40H30O14/c1-3-33(41)49-27-13-5-23(6-14-27)37(43)51-29-17-9-25(10-18-29)39(45)53-31-21-47-36-32(22-48-35(31)36)54-40(46)26-11-19-30(20-12-26)52-38(44)24-7-15-28(16-8-24)50-34(42)4-2/h3-20,31-32,35-36H,1-2,21-22H2/t31-,32+,35-,36-/m1/s1. The highest BCUT2D eigenvalue weighted by molar-refractivity contribution is 5.93. The molecule has 2 saturated heterocycles. The molecule has 0 aliphatic carbocycles. The number of esters is 6. The maximum absolute atomic E-state index is 12.9. The lowest BCUT2D eigenvalue weighted by Gasteiger charge is -2.17. The van der Waals surface area contributed by atoms with Crippen molar-refractivity contribution in [2.45, 2.75) is 24.4 Å². The van der Waals surface area contributed by atoms with Gasteiger partial charge in [-0.25, -0.2) is 28.8 Å². The van der Waals surface area contributed by atoms with Crippen molar-refractivity contribution in [1.29, 1.82) is 0 Å². The lowest BCUT2D eigenvalue weighted by molar-refractivity contribution is -0.129. The Labute approximate surface area is 307 Å². The number of carbonyl (C=O) groups is 6. The molecule has 2 aliphatic rings.